The third-order valence-electron chi connectivity index (χ3n) is 4.45. The van der Waals surface area contributed by atoms with Gasteiger partial charge in [-0.25, -0.2) is 9.78 Å². The molecule has 0 aliphatic rings. The van der Waals surface area contributed by atoms with Gasteiger partial charge in [-0.2, -0.15) is 0 Å². The number of carboxylic acid groups (broad SMARTS) is 2. The summed E-state index contributed by atoms with van der Waals surface area (Å²) in [5, 5.41) is 33.6. The molecular formula is C18H27N7O9. The number of aliphatic hydroxyl groups is 1. The number of hydrogen-bond donors (Lipinski definition) is 9. The second-order valence-electron chi connectivity index (χ2n) is 7.19. The summed E-state index contributed by atoms with van der Waals surface area (Å²) in [5.74, 6) is -6.80. The highest BCUT2D eigenvalue weighted by Crippen LogP contribution is 2.05. The highest BCUT2D eigenvalue weighted by molar-refractivity contribution is 5.95. The van der Waals surface area contributed by atoms with E-state index in [-0.39, 0.29) is 19.3 Å². The Labute approximate surface area is 192 Å². The number of carboxylic acids is 2. The summed E-state index contributed by atoms with van der Waals surface area (Å²) in [6.07, 6.45) is 0.920. The second kappa shape index (κ2) is 13.5. The quantitative estimate of drug-likeness (QED) is 0.114. The highest BCUT2D eigenvalue weighted by atomic mass is 16.4. The van der Waals surface area contributed by atoms with Crippen LogP contribution in [0.25, 0.3) is 0 Å². The number of rotatable bonds is 15. The van der Waals surface area contributed by atoms with Crippen molar-refractivity contribution in [1.29, 1.82) is 0 Å². The van der Waals surface area contributed by atoms with E-state index in [0.29, 0.717) is 5.69 Å². The Bertz CT molecular complexity index is 890. The Hall–Kier alpha value is -4.05. The number of imidazole rings is 1. The molecule has 4 atom stereocenters. The van der Waals surface area contributed by atoms with Crippen LogP contribution in [0.3, 0.4) is 0 Å². The molecule has 16 heteroatoms. The molecule has 0 aliphatic carbocycles. The van der Waals surface area contributed by atoms with Crippen LogP contribution in [0.15, 0.2) is 12.5 Å². The number of H-pyrrole nitrogens is 1. The Morgan fingerprint density at radius 2 is 1.56 bits per heavy atom. The predicted octanol–water partition coefficient (Wildman–Crippen LogP) is -4.45. The van der Waals surface area contributed by atoms with Gasteiger partial charge < -0.3 is 47.7 Å². The molecule has 1 aromatic rings. The summed E-state index contributed by atoms with van der Waals surface area (Å²) in [4.78, 5) is 77.4. The number of aromatic amines is 1. The zero-order valence-corrected chi connectivity index (χ0v) is 17.9. The van der Waals surface area contributed by atoms with E-state index in [0.717, 1.165) is 0 Å². The molecule has 0 radical (unpaired) electrons. The van der Waals surface area contributed by atoms with E-state index in [9.17, 15) is 28.8 Å². The number of carbonyl (C=O) groups is 6. The molecule has 1 heterocycles. The number of primary amides is 1. The maximum atomic E-state index is 12.9. The Morgan fingerprint density at radius 3 is 2.06 bits per heavy atom. The zero-order chi connectivity index (χ0) is 25.8. The van der Waals surface area contributed by atoms with E-state index >= 15 is 0 Å². The third-order valence-corrected chi connectivity index (χ3v) is 4.45. The minimum absolute atomic E-state index is 0.128. The third kappa shape index (κ3) is 9.61. The van der Waals surface area contributed by atoms with Gasteiger partial charge in [0.15, 0.2) is 0 Å². The van der Waals surface area contributed by atoms with Crippen molar-refractivity contribution in [1.82, 2.24) is 25.9 Å². The van der Waals surface area contributed by atoms with Gasteiger partial charge in [-0.15, -0.1) is 0 Å². The minimum Gasteiger partial charge on any atom is -0.481 e. The van der Waals surface area contributed by atoms with Crippen molar-refractivity contribution in [3.63, 3.8) is 0 Å². The standard InChI is InChI=1S/C18H27N7O9/c19-9(6-26)15(30)24-11(3-8-5-21-7-22-8)17(32)23-10(1-2-13(20)27)16(31)25-12(18(33)34)4-14(28)29/h5,7,9-12,26H,1-4,6,19H2,(H2,20,27)(H,21,22)(H,23,32)(H,24,30)(H,25,31)(H,28,29)(H,33,34). The largest absolute Gasteiger partial charge is 0.481 e. The fourth-order valence-electron chi connectivity index (χ4n) is 2.66. The van der Waals surface area contributed by atoms with E-state index in [1.54, 1.807) is 0 Å². The van der Waals surface area contributed by atoms with E-state index in [4.69, 9.17) is 26.8 Å². The average molecular weight is 485 g/mol. The SMILES string of the molecule is NC(=O)CCC(NC(=O)C(Cc1cnc[nH]1)NC(=O)C(N)CO)C(=O)NC(CC(=O)O)C(=O)O. The molecule has 0 aliphatic heterocycles. The molecule has 0 saturated carbocycles. The molecule has 0 aromatic carbocycles. The molecule has 4 amide bonds. The molecule has 0 bridgehead atoms. The smallest absolute Gasteiger partial charge is 0.326 e. The molecule has 1 rings (SSSR count). The Balaban J connectivity index is 3.07. The molecule has 188 valence electrons. The Morgan fingerprint density at radius 1 is 0.971 bits per heavy atom. The maximum absolute atomic E-state index is 12.9. The molecule has 0 fully saturated rings. The molecule has 1 aromatic heterocycles. The lowest BCUT2D eigenvalue weighted by Gasteiger charge is -2.24. The number of nitrogens with one attached hydrogen (secondary N) is 4. The zero-order valence-electron chi connectivity index (χ0n) is 17.9. The molecule has 34 heavy (non-hydrogen) atoms. The van der Waals surface area contributed by atoms with Crippen molar-refractivity contribution in [2.75, 3.05) is 6.61 Å². The number of aliphatic carboxylic acids is 2. The van der Waals surface area contributed by atoms with Crippen LogP contribution in [0.2, 0.25) is 0 Å². The van der Waals surface area contributed by atoms with Crippen LogP contribution in [-0.2, 0) is 35.2 Å². The molecular weight excluding hydrogens is 458 g/mol. The van der Waals surface area contributed by atoms with Gasteiger partial charge >= 0.3 is 11.9 Å². The molecule has 0 spiro atoms. The highest BCUT2D eigenvalue weighted by Gasteiger charge is 2.31. The number of aliphatic hydroxyl groups excluding tert-OH is 1. The van der Waals surface area contributed by atoms with Crippen molar-refractivity contribution in [2.24, 2.45) is 11.5 Å². The number of nitrogens with zero attached hydrogens (tertiary/aromatic N) is 1. The fourth-order valence-corrected chi connectivity index (χ4v) is 2.66. The van der Waals surface area contributed by atoms with Gasteiger partial charge in [0.2, 0.25) is 23.6 Å². The van der Waals surface area contributed by atoms with Gasteiger partial charge in [-0.05, 0) is 6.42 Å². The number of amides is 4. The average Bonchev–Trinajstić information content (AvgIpc) is 3.27. The van der Waals surface area contributed by atoms with Crippen LogP contribution in [0, 0.1) is 0 Å². The number of aromatic nitrogens is 2. The summed E-state index contributed by atoms with van der Waals surface area (Å²) < 4.78 is 0. The first-order chi connectivity index (χ1) is 15.9. The molecule has 0 saturated heterocycles. The van der Waals surface area contributed by atoms with Crippen molar-refractivity contribution in [3.8, 4) is 0 Å². The second-order valence-corrected chi connectivity index (χ2v) is 7.19. The van der Waals surface area contributed by atoms with E-state index in [1.165, 1.54) is 12.5 Å². The normalized spacial score (nSPS) is 14.2. The predicted molar refractivity (Wildman–Crippen MR) is 111 cm³/mol. The number of hydrogen-bond acceptors (Lipinski definition) is 9. The van der Waals surface area contributed by atoms with Crippen LogP contribution in [-0.4, -0.2) is 91.6 Å². The monoisotopic (exact) mass is 485 g/mol. The first-order valence-electron chi connectivity index (χ1n) is 9.92. The van der Waals surface area contributed by atoms with Crippen LogP contribution < -0.4 is 27.4 Å². The van der Waals surface area contributed by atoms with Crippen LogP contribution >= 0.6 is 0 Å². The first-order valence-corrected chi connectivity index (χ1v) is 9.92. The fraction of sp³-hybridized carbons (Fsp3) is 0.500. The Kier molecular flexibility index (Phi) is 11.1. The summed E-state index contributed by atoms with van der Waals surface area (Å²) >= 11 is 0. The van der Waals surface area contributed by atoms with E-state index < -0.39 is 72.8 Å². The summed E-state index contributed by atoms with van der Waals surface area (Å²) in [6, 6.07) is -5.95. The van der Waals surface area contributed by atoms with Crippen molar-refractivity contribution >= 4 is 35.6 Å². The van der Waals surface area contributed by atoms with Crippen molar-refractivity contribution < 1.29 is 44.1 Å². The van der Waals surface area contributed by atoms with Gasteiger partial charge in [-0.3, -0.25) is 24.0 Å². The van der Waals surface area contributed by atoms with Crippen LogP contribution in [0.4, 0.5) is 0 Å². The van der Waals surface area contributed by atoms with Gasteiger partial charge in [-0.1, -0.05) is 0 Å². The number of nitrogens with two attached hydrogens (primary N) is 2. The van der Waals surface area contributed by atoms with Crippen LogP contribution in [0.1, 0.15) is 25.0 Å². The number of carbonyl (C=O) groups excluding carboxylic acids is 4. The lowest BCUT2D eigenvalue weighted by molar-refractivity contribution is -0.147. The first kappa shape index (κ1) is 28.0. The van der Waals surface area contributed by atoms with Gasteiger partial charge in [0.25, 0.3) is 0 Å². The summed E-state index contributed by atoms with van der Waals surface area (Å²) in [6.45, 7) is -0.700. The van der Waals surface area contributed by atoms with Crippen LogP contribution in [0.5, 0.6) is 0 Å². The maximum Gasteiger partial charge on any atom is 0.326 e. The lowest BCUT2D eigenvalue weighted by atomic mass is 10.1. The van der Waals surface area contributed by atoms with Crippen molar-refractivity contribution in [3.05, 3.63) is 18.2 Å². The van der Waals surface area contributed by atoms with Gasteiger partial charge in [0.05, 0.1) is 19.4 Å². The topological polar surface area (TPSA) is 280 Å². The molecule has 11 N–H and O–H groups in total. The van der Waals surface area contributed by atoms with E-state index in [1.807, 2.05) is 5.32 Å². The van der Waals surface area contributed by atoms with Crippen molar-refractivity contribution in [2.45, 2.75) is 49.9 Å². The minimum atomic E-state index is -1.80. The summed E-state index contributed by atoms with van der Waals surface area (Å²) in [7, 11) is 0. The molecule has 4 unspecified atom stereocenters. The van der Waals surface area contributed by atoms with Gasteiger partial charge in [0.1, 0.15) is 24.2 Å². The van der Waals surface area contributed by atoms with Gasteiger partial charge in [0, 0.05) is 24.7 Å². The van der Waals surface area contributed by atoms with E-state index in [2.05, 4.69) is 20.6 Å². The molecule has 16 nitrogen and oxygen atoms in total. The summed E-state index contributed by atoms with van der Waals surface area (Å²) in [5.41, 5.74) is 11.0. The lowest BCUT2D eigenvalue weighted by Crippen LogP contribution is -2.58.